The van der Waals surface area contributed by atoms with E-state index in [0.717, 1.165) is 28.1 Å². The van der Waals surface area contributed by atoms with Gasteiger partial charge in [-0.25, -0.2) is 19.4 Å². The van der Waals surface area contributed by atoms with Crippen molar-refractivity contribution in [1.82, 2.24) is 24.3 Å². The molecule has 124 valence electrons. The molecule has 2 aromatic heterocycles. The van der Waals surface area contributed by atoms with E-state index in [1.54, 1.807) is 23.1 Å². The lowest BCUT2D eigenvalue weighted by atomic mass is 10.2. The first-order valence-electron chi connectivity index (χ1n) is 7.67. The first kappa shape index (κ1) is 15.1. The first-order chi connectivity index (χ1) is 12.2. The van der Waals surface area contributed by atoms with Crippen molar-refractivity contribution in [2.45, 2.75) is 0 Å². The van der Waals surface area contributed by atoms with E-state index in [0.29, 0.717) is 5.56 Å². The van der Waals surface area contributed by atoms with E-state index >= 15 is 0 Å². The summed E-state index contributed by atoms with van der Waals surface area (Å²) in [4.78, 5) is 20.3. The second-order valence-corrected chi connectivity index (χ2v) is 5.58. The van der Waals surface area contributed by atoms with Crippen molar-refractivity contribution < 1.29 is 9.53 Å². The zero-order chi connectivity index (χ0) is 17.4. The second-order valence-electron chi connectivity index (χ2n) is 5.58. The Bertz CT molecular complexity index is 1050. The molecular weight excluding hydrogens is 318 g/mol. The molecule has 0 aliphatic rings. The average Bonchev–Trinajstić information content (AvgIpc) is 3.29. The molecule has 4 rings (SSSR count). The van der Waals surface area contributed by atoms with Gasteiger partial charge in [0.25, 0.3) is 0 Å². The van der Waals surface area contributed by atoms with Gasteiger partial charge in [0, 0.05) is 12.6 Å². The molecule has 0 atom stereocenters. The Morgan fingerprint density at radius 2 is 1.92 bits per heavy atom. The largest absolute Gasteiger partial charge is 0.465 e. The van der Waals surface area contributed by atoms with Gasteiger partial charge in [-0.15, -0.1) is 0 Å². The van der Waals surface area contributed by atoms with Gasteiger partial charge in [-0.3, -0.25) is 0 Å². The minimum atomic E-state index is -0.369. The molecule has 0 fully saturated rings. The zero-order valence-corrected chi connectivity index (χ0v) is 13.7. The standard InChI is InChI=1S/C18H15N5O2/c1-22-16-8-5-13(18(24)25-2)9-15(16)21-17(22)12-3-6-14(7-4-12)23-11-19-10-20-23/h3-11H,1-2H3. The molecule has 0 aliphatic heterocycles. The maximum absolute atomic E-state index is 11.7. The molecule has 0 unspecified atom stereocenters. The van der Waals surface area contributed by atoms with Crippen LogP contribution in [0.1, 0.15) is 10.4 Å². The lowest BCUT2D eigenvalue weighted by molar-refractivity contribution is 0.0601. The third kappa shape index (κ3) is 2.55. The Hall–Kier alpha value is -3.48. The second kappa shape index (κ2) is 5.86. The number of methoxy groups -OCH3 is 1. The molecule has 0 saturated heterocycles. The summed E-state index contributed by atoms with van der Waals surface area (Å²) in [6.07, 6.45) is 3.15. The van der Waals surface area contributed by atoms with Crippen LogP contribution < -0.4 is 0 Å². The highest BCUT2D eigenvalue weighted by atomic mass is 16.5. The lowest BCUT2D eigenvalue weighted by Gasteiger charge is -2.04. The molecule has 0 radical (unpaired) electrons. The Morgan fingerprint density at radius 3 is 2.60 bits per heavy atom. The third-order valence-corrected chi connectivity index (χ3v) is 4.11. The number of aromatic nitrogens is 5. The summed E-state index contributed by atoms with van der Waals surface area (Å²) in [5.74, 6) is 0.452. The third-order valence-electron chi connectivity index (χ3n) is 4.11. The number of nitrogens with zero attached hydrogens (tertiary/aromatic N) is 5. The highest BCUT2D eigenvalue weighted by Crippen LogP contribution is 2.25. The van der Waals surface area contributed by atoms with Gasteiger partial charge in [-0.1, -0.05) is 0 Å². The molecule has 2 aromatic carbocycles. The Balaban J connectivity index is 1.76. The summed E-state index contributed by atoms with van der Waals surface area (Å²) in [6.45, 7) is 0. The van der Waals surface area contributed by atoms with E-state index in [1.165, 1.54) is 13.4 Å². The van der Waals surface area contributed by atoms with Crippen LogP contribution in [0, 0.1) is 0 Å². The molecule has 25 heavy (non-hydrogen) atoms. The van der Waals surface area contributed by atoms with Crippen LogP contribution in [0.15, 0.2) is 55.1 Å². The summed E-state index contributed by atoms with van der Waals surface area (Å²) >= 11 is 0. The number of hydrogen-bond acceptors (Lipinski definition) is 5. The number of aryl methyl sites for hydroxylation is 1. The molecule has 0 amide bonds. The number of benzene rings is 2. The van der Waals surface area contributed by atoms with E-state index in [4.69, 9.17) is 4.74 Å². The van der Waals surface area contributed by atoms with Crippen molar-refractivity contribution in [3.63, 3.8) is 0 Å². The normalized spacial score (nSPS) is 11.0. The SMILES string of the molecule is COC(=O)c1ccc2c(c1)nc(-c1ccc(-n3cncn3)cc1)n2C. The zero-order valence-electron chi connectivity index (χ0n) is 13.7. The molecule has 0 saturated carbocycles. The maximum atomic E-state index is 11.7. The van der Waals surface area contributed by atoms with Crippen LogP contribution >= 0.6 is 0 Å². The summed E-state index contributed by atoms with van der Waals surface area (Å²) in [6, 6.07) is 13.3. The van der Waals surface area contributed by atoms with Gasteiger partial charge in [-0.2, -0.15) is 5.10 Å². The van der Waals surface area contributed by atoms with E-state index in [1.807, 2.05) is 41.9 Å². The van der Waals surface area contributed by atoms with Gasteiger partial charge in [-0.05, 0) is 42.5 Å². The molecule has 0 aliphatic carbocycles. The summed E-state index contributed by atoms with van der Waals surface area (Å²) in [5, 5.41) is 4.12. The van der Waals surface area contributed by atoms with Crippen LogP contribution in [0.5, 0.6) is 0 Å². The topological polar surface area (TPSA) is 74.8 Å². The predicted octanol–water partition coefficient (Wildman–Crippen LogP) is 2.61. The fourth-order valence-corrected chi connectivity index (χ4v) is 2.81. The minimum absolute atomic E-state index is 0.369. The van der Waals surface area contributed by atoms with Gasteiger partial charge >= 0.3 is 5.97 Å². The number of carbonyl (C=O) groups is 1. The van der Waals surface area contributed by atoms with Crippen molar-refractivity contribution in [2.75, 3.05) is 7.11 Å². The van der Waals surface area contributed by atoms with Gasteiger partial charge < -0.3 is 9.30 Å². The minimum Gasteiger partial charge on any atom is -0.465 e. The highest BCUT2D eigenvalue weighted by Gasteiger charge is 2.13. The number of imidazole rings is 1. The van der Waals surface area contributed by atoms with Gasteiger partial charge in [0.05, 0.1) is 29.4 Å². The van der Waals surface area contributed by atoms with Crippen molar-refractivity contribution in [1.29, 1.82) is 0 Å². The van der Waals surface area contributed by atoms with E-state index < -0.39 is 0 Å². The quantitative estimate of drug-likeness (QED) is 0.539. The molecule has 7 heteroatoms. The van der Waals surface area contributed by atoms with Crippen LogP contribution in [0.25, 0.3) is 28.1 Å². The molecule has 0 spiro atoms. The van der Waals surface area contributed by atoms with Gasteiger partial charge in [0.1, 0.15) is 18.5 Å². The van der Waals surface area contributed by atoms with Crippen LogP contribution in [0.2, 0.25) is 0 Å². The monoisotopic (exact) mass is 333 g/mol. The molecule has 2 heterocycles. The molecular formula is C18H15N5O2. The maximum Gasteiger partial charge on any atom is 0.337 e. The number of hydrogen-bond donors (Lipinski definition) is 0. The van der Waals surface area contributed by atoms with Crippen molar-refractivity contribution >= 4 is 17.0 Å². The predicted molar refractivity (Wildman–Crippen MR) is 92.4 cm³/mol. The van der Waals surface area contributed by atoms with E-state index in [9.17, 15) is 4.79 Å². The fourth-order valence-electron chi connectivity index (χ4n) is 2.81. The number of rotatable bonds is 3. The van der Waals surface area contributed by atoms with Crippen molar-refractivity contribution in [3.8, 4) is 17.1 Å². The summed E-state index contributed by atoms with van der Waals surface area (Å²) < 4.78 is 8.47. The van der Waals surface area contributed by atoms with Crippen molar-refractivity contribution in [3.05, 3.63) is 60.7 Å². The fraction of sp³-hybridized carbons (Fsp3) is 0.111. The van der Waals surface area contributed by atoms with Gasteiger partial charge in [0.2, 0.25) is 0 Å². The Kier molecular flexibility index (Phi) is 3.53. The van der Waals surface area contributed by atoms with Crippen LogP contribution in [0.4, 0.5) is 0 Å². The lowest BCUT2D eigenvalue weighted by Crippen LogP contribution is -2.00. The first-order valence-corrected chi connectivity index (χ1v) is 7.67. The smallest absolute Gasteiger partial charge is 0.337 e. The van der Waals surface area contributed by atoms with E-state index in [2.05, 4.69) is 15.1 Å². The van der Waals surface area contributed by atoms with E-state index in [-0.39, 0.29) is 5.97 Å². The Morgan fingerprint density at radius 1 is 1.12 bits per heavy atom. The number of esters is 1. The van der Waals surface area contributed by atoms with Crippen LogP contribution in [-0.2, 0) is 11.8 Å². The average molecular weight is 333 g/mol. The Labute approximate surface area is 143 Å². The van der Waals surface area contributed by atoms with Crippen molar-refractivity contribution in [2.24, 2.45) is 7.05 Å². The van der Waals surface area contributed by atoms with Crippen LogP contribution in [-0.4, -0.2) is 37.4 Å². The molecule has 4 aromatic rings. The molecule has 7 nitrogen and oxygen atoms in total. The molecule has 0 bridgehead atoms. The molecule has 0 N–H and O–H groups in total. The number of ether oxygens (including phenoxy) is 1. The summed E-state index contributed by atoms with van der Waals surface area (Å²) in [7, 11) is 3.32. The number of carbonyl (C=O) groups excluding carboxylic acids is 1. The number of fused-ring (bicyclic) bond motifs is 1. The van der Waals surface area contributed by atoms with Gasteiger partial charge in [0.15, 0.2) is 0 Å². The summed E-state index contributed by atoms with van der Waals surface area (Å²) in [5.41, 5.74) is 4.08. The highest BCUT2D eigenvalue weighted by molar-refractivity contribution is 5.94. The van der Waals surface area contributed by atoms with Crippen LogP contribution in [0.3, 0.4) is 0 Å².